The molecule has 1 heterocycles. The first-order chi connectivity index (χ1) is 8.89. The van der Waals surface area contributed by atoms with E-state index >= 15 is 0 Å². The predicted octanol–water partition coefficient (Wildman–Crippen LogP) is 1.75. The van der Waals surface area contributed by atoms with Crippen LogP contribution in [0, 0.1) is 0 Å². The van der Waals surface area contributed by atoms with Crippen molar-refractivity contribution in [2.75, 3.05) is 30.0 Å². The van der Waals surface area contributed by atoms with E-state index in [1.807, 2.05) is 31.2 Å². The third-order valence-corrected chi connectivity index (χ3v) is 6.17. The molecule has 1 aromatic carbocycles. The van der Waals surface area contributed by atoms with E-state index in [1.54, 1.807) is 11.8 Å². The van der Waals surface area contributed by atoms with Gasteiger partial charge < -0.3 is 5.73 Å². The van der Waals surface area contributed by atoms with Crippen LogP contribution in [0.15, 0.2) is 24.3 Å². The van der Waals surface area contributed by atoms with Crippen LogP contribution in [0.1, 0.15) is 18.5 Å². The van der Waals surface area contributed by atoms with Crippen molar-refractivity contribution >= 4 is 27.3 Å². The van der Waals surface area contributed by atoms with Gasteiger partial charge in [-0.15, -0.1) is 0 Å². The first-order valence-electron chi connectivity index (χ1n) is 6.27. The number of sulfone groups is 1. The van der Waals surface area contributed by atoms with E-state index in [9.17, 15) is 8.42 Å². The molecule has 0 amide bonds. The summed E-state index contributed by atoms with van der Waals surface area (Å²) in [6.07, 6.45) is 1.32. The van der Waals surface area contributed by atoms with Gasteiger partial charge in [-0.3, -0.25) is 4.90 Å². The second kappa shape index (κ2) is 5.73. The van der Waals surface area contributed by atoms with Crippen molar-refractivity contribution in [1.29, 1.82) is 0 Å². The average Bonchev–Trinajstić information content (AvgIpc) is 2.37. The lowest BCUT2D eigenvalue weighted by Crippen LogP contribution is -2.47. The van der Waals surface area contributed by atoms with Crippen LogP contribution in [-0.4, -0.2) is 43.0 Å². The zero-order valence-electron chi connectivity index (χ0n) is 11.2. The van der Waals surface area contributed by atoms with Crippen LogP contribution in [0.2, 0.25) is 0 Å². The first kappa shape index (κ1) is 14.7. The third-order valence-electron chi connectivity index (χ3n) is 3.51. The van der Waals surface area contributed by atoms with E-state index in [0.717, 1.165) is 17.9 Å². The summed E-state index contributed by atoms with van der Waals surface area (Å²) < 4.78 is 23.8. The lowest BCUT2D eigenvalue weighted by Gasteiger charge is -2.38. The molecular formula is C13H20N2O2S2. The van der Waals surface area contributed by atoms with Gasteiger partial charge in [-0.2, -0.15) is 11.8 Å². The quantitative estimate of drug-likeness (QED) is 0.862. The number of rotatable bonds is 3. The summed E-state index contributed by atoms with van der Waals surface area (Å²) in [6, 6.07) is 7.74. The zero-order valence-corrected chi connectivity index (χ0v) is 12.9. The highest BCUT2D eigenvalue weighted by molar-refractivity contribution is 8.00. The molecule has 1 aliphatic heterocycles. The number of anilines is 1. The fraction of sp³-hybridized carbons (Fsp3) is 0.538. The van der Waals surface area contributed by atoms with Crippen LogP contribution < -0.4 is 5.73 Å². The number of hydrogen-bond donors (Lipinski definition) is 1. The van der Waals surface area contributed by atoms with E-state index in [1.165, 1.54) is 6.26 Å². The Morgan fingerprint density at radius 1 is 1.47 bits per heavy atom. The number of benzene rings is 1. The maximum Gasteiger partial charge on any atom is 0.164 e. The van der Waals surface area contributed by atoms with Crippen LogP contribution in [0.3, 0.4) is 0 Å². The lowest BCUT2D eigenvalue weighted by atomic mass is 10.1. The molecule has 0 aromatic heterocycles. The number of nitrogens with zero attached hydrogens (tertiary/aromatic N) is 1. The van der Waals surface area contributed by atoms with E-state index in [-0.39, 0.29) is 6.04 Å². The molecule has 1 saturated heterocycles. The molecule has 0 radical (unpaired) electrons. The maximum atomic E-state index is 11.9. The molecular weight excluding hydrogens is 280 g/mol. The Balaban J connectivity index is 2.27. The Morgan fingerprint density at radius 2 is 2.21 bits per heavy atom. The van der Waals surface area contributed by atoms with Gasteiger partial charge in [0, 0.05) is 36.0 Å². The minimum atomic E-state index is -3.06. The molecule has 1 fully saturated rings. The van der Waals surface area contributed by atoms with Crippen molar-refractivity contribution in [2.24, 2.45) is 0 Å². The number of hydrogen-bond acceptors (Lipinski definition) is 5. The summed E-state index contributed by atoms with van der Waals surface area (Å²) in [6.45, 7) is 2.83. The molecule has 0 aliphatic carbocycles. The number of nitrogens with two attached hydrogens (primary N) is 1. The fourth-order valence-corrected chi connectivity index (χ4v) is 5.37. The van der Waals surface area contributed by atoms with E-state index < -0.39 is 15.2 Å². The van der Waals surface area contributed by atoms with Crippen molar-refractivity contribution in [1.82, 2.24) is 4.90 Å². The molecule has 1 aromatic rings. The van der Waals surface area contributed by atoms with E-state index in [0.29, 0.717) is 11.4 Å². The molecule has 2 N–H and O–H groups in total. The Hall–Kier alpha value is -0.720. The van der Waals surface area contributed by atoms with Crippen molar-refractivity contribution in [3.8, 4) is 0 Å². The van der Waals surface area contributed by atoms with Gasteiger partial charge in [0.1, 0.15) is 5.37 Å². The summed E-state index contributed by atoms with van der Waals surface area (Å²) in [4.78, 5) is 2.07. The van der Waals surface area contributed by atoms with Gasteiger partial charge in [0.2, 0.25) is 0 Å². The van der Waals surface area contributed by atoms with Gasteiger partial charge in [0.15, 0.2) is 9.84 Å². The Bertz CT molecular complexity index is 545. The second-order valence-electron chi connectivity index (χ2n) is 4.94. The van der Waals surface area contributed by atoms with E-state index in [4.69, 9.17) is 5.73 Å². The molecule has 2 atom stereocenters. The topological polar surface area (TPSA) is 63.4 Å². The molecule has 0 bridgehead atoms. The molecule has 2 rings (SSSR count). The van der Waals surface area contributed by atoms with Gasteiger partial charge in [0.25, 0.3) is 0 Å². The molecule has 6 heteroatoms. The minimum Gasteiger partial charge on any atom is -0.399 e. The maximum absolute atomic E-state index is 11.9. The number of thioether (sulfide) groups is 1. The van der Waals surface area contributed by atoms with Crippen LogP contribution in [0.25, 0.3) is 0 Å². The molecule has 0 saturated carbocycles. The van der Waals surface area contributed by atoms with Gasteiger partial charge in [-0.25, -0.2) is 8.42 Å². The standard InChI is InChI=1S/C13H20N2O2S2/c1-10(11-4-3-5-12(14)8-11)15-6-7-18-9-13(15)19(2,16)17/h3-5,8,10,13H,6-7,9,14H2,1-2H3. The second-order valence-corrected chi connectivity index (χ2v) is 8.30. The molecule has 0 spiro atoms. The average molecular weight is 300 g/mol. The molecule has 2 unspecified atom stereocenters. The Labute approximate surface area is 119 Å². The highest BCUT2D eigenvalue weighted by atomic mass is 32.2. The highest BCUT2D eigenvalue weighted by Gasteiger charge is 2.34. The minimum absolute atomic E-state index is 0.0594. The lowest BCUT2D eigenvalue weighted by molar-refractivity contribution is 0.207. The summed E-state index contributed by atoms with van der Waals surface area (Å²) in [5.74, 6) is 1.62. The predicted molar refractivity (Wildman–Crippen MR) is 81.9 cm³/mol. The van der Waals surface area contributed by atoms with Crippen molar-refractivity contribution < 1.29 is 8.42 Å². The van der Waals surface area contributed by atoms with Crippen molar-refractivity contribution in [3.05, 3.63) is 29.8 Å². The van der Waals surface area contributed by atoms with Crippen LogP contribution in [0.4, 0.5) is 5.69 Å². The Kier molecular flexibility index (Phi) is 4.43. The molecule has 1 aliphatic rings. The summed E-state index contributed by atoms with van der Waals surface area (Å²) in [5, 5.41) is -0.400. The van der Waals surface area contributed by atoms with Crippen molar-refractivity contribution in [2.45, 2.75) is 18.3 Å². The van der Waals surface area contributed by atoms with Gasteiger partial charge >= 0.3 is 0 Å². The summed E-state index contributed by atoms with van der Waals surface area (Å²) >= 11 is 1.70. The van der Waals surface area contributed by atoms with Crippen LogP contribution >= 0.6 is 11.8 Å². The smallest absolute Gasteiger partial charge is 0.164 e. The molecule has 4 nitrogen and oxygen atoms in total. The van der Waals surface area contributed by atoms with Crippen LogP contribution in [0.5, 0.6) is 0 Å². The summed E-state index contributed by atoms with van der Waals surface area (Å²) in [7, 11) is -3.06. The third kappa shape index (κ3) is 3.43. The van der Waals surface area contributed by atoms with Gasteiger partial charge in [0.05, 0.1) is 0 Å². The monoisotopic (exact) mass is 300 g/mol. The normalized spacial score (nSPS) is 23.2. The highest BCUT2D eigenvalue weighted by Crippen LogP contribution is 2.30. The largest absolute Gasteiger partial charge is 0.399 e. The van der Waals surface area contributed by atoms with Crippen molar-refractivity contribution in [3.63, 3.8) is 0 Å². The zero-order chi connectivity index (χ0) is 14.0. The Morgan fingerprint density at radius 3 is 2.84 bits per heavy atom. The van der Waals surface area contributed by atoms with Gasteiger partial charge in [-0.1, -0.05) is 12.1 Å². The number of nitrogen functional groups attached to an aromatic ring is 1. The van der Waals surface area contributed by atoms with Gasteiger partial charge in [-0.05, 0) is 24.6 Å². The van der Waals surface area contributed by atoms with Crippen LogP contribution in [-0.2, 0) is 9.84 Å². The SMILES string of the molecule is CC(c1cccc(N)c1)N1CCSCC1S(C)(=O)=O. The molecule has 19 heavy (non-hydrogen) atoms. The fourth-order valence-electron chi connectivity index (χ4n) is 2.42. The first-order valence-corrected chi connectivity index (χ1v) is 9.38. The molecule has 106 valence electrons. The summed E-state index contributed by atoms with van der Waals surface area (Å²) in [5.41, 5.74) is 7.59. The van der Waals surface area contributed by atoms with E-state index in [2.05, 4.69) is 4.90 Å².